The molecule has 17 heavy (non-hydrogen) atoms. The summed E-state index contributed by atoms with van der Waals surface area (Å²) in [5.74, 6) is -0.0721. The van der Waals surface area contributed by atoms with Gasteiger partial charge in [-0.2, -0.15) is 0 Å². The van der Waals surface area contributed by atoms with Crippen molar-refractivity contribution in [2.45, 2.75) is 42.8 Å². The highest BCUT2D eigenvalue weighted by Gasteiger charge is 2.50. The Morgan fingerprint density at radius 2 is 2.24 bits per heavy atom. The van der Waals surface area contributed by atoms with Crippen LogP contribution in [0.5, 0.6) is 0 Å². The number of aryl methyl sites for hydroxylation is 1. The van der Waals surface area contributed by atoms with Gasteiger partial charge in [-0.25, -0.2) is 0 Å². The number of aliphatic carboxylic acids is 1. The Morgan fingerprint density at radius 1 is 1.53 bits per heavy atom. The van der Waals surface area contributed by atoms with Crippen molar-refractivity contribution in [2.75, 3.05) is 0 Å². The number of thioether (sulfide) groups is 1. The van der Waals surface area contributed by atoms with Crippen LogP contribution < -0.4 is 0 Å². The van der Waals surface area contributed by atoms with Gasteiger partial charge in [0.2, 0.25) is 0 Å². The van der Waals surface area contributed by atoms with Gasteiger partial charge in [0.15, 0.2) is 0 Å². The largest absolute Gasteiger partial charge is 0.480 e. The van der Waals surface area contributed by atoms with E-state index in [9.17, 15) is 9.90 Å². The normalized spacial score (nSPS) is 27.5. The lowest BCUT2D eigenvalue weighted by Crippen LogP contribution is -2.47. The van der Waals surface area contributed by atoms with Gasteiger partial charge in [-0.15, -0.1) is 11.8 Å². The summed E-state index contributed by atoms with van der Waals surface area (Å²) in [6.45, 7) is 4.17. The first-order chi connectivity index (χ1) is 8.05. The number of carbonyl (C=O) groups is 1. The third-order valence-electron chi connectivity index (χ3n) is 3.51. The fourth-order valence-electron chi connectivity index (χ4n) is 2.37. The minimum absolute atomic E-state index is 0.575. The Balaban J connectivity index is 2.12. The molecule has 0 radical (unpaired) electrons. The second-order valence-corrected chi connectivity index (χ2v) is 6.36. The zero-order valence-electron chi connectivity index (χ0n) is 10.3. The van der Waals surface area contributed by atoms with E-state index in [-0.39, 0.29) is 0 Å². The molecule has 1 aliphatic rings. The van der Waals surface area contributed by atoms with Crippen LogP contribution in [0.2, 0.25) is 0 Å². The number of carboxylic acids is 1. The molecule has 0 aliphatic heterocycles. The summed E-state index contributed by atoms with van der Waals surface area (Å²) in [4.78, 5) is 12.5. The number of hydrogen-bond acceptors (Lipinski definition) is 2. The van der Waals surface area contributed by atoms with Gasteiger partial charge in [-0.3, -0.25) is 4.79 Å². The molecule has 3 heteroatoms. The van der Waals surface area contributed by atoms with E-state index in [1.165, 1.54) is 17.3 Å². The molecule has 0 saturated heterocycles. The summed E-state index contributed by atoms with van der Waals surface area (Å²) in [6, 6.07) is 8.09. The SMILES string of the molecule is CCC1CC(Sc2cccc(C)c2)(C(=O)O)C1. The van der Waals surface area contributed by atoms with E-state index >= 15 is 0 Å². The molecule has 0 amide bonds. The summed E-state index contributed by atoms with van der Waals surface area (Å²) in [5.41, 5.74) is 1.18. The van der Waals surface area contributed by atoms with Crippen LogP contribution in [0.3, 0.4) is 0 Å². The number of benzene rings is 1. The standard InChI is InChI=1S/C14H18O2S/c1-3-11-8-14(9-11,13(15)16)17-12-6-4-5-10(2)7-12/h4-7,11H,3,8-9H2,1-2H3,(H,15,16). The van der Waals surface area contributed by atoms with Crippen LogP contribution in [-0.4, -0.2) is 15.8 Å². The topological polar surface area (TPSA) is 37.3 Å². The van der Waals surface area contributed by atoms with Crippen molar-refractivity contribution >= 4 is 17.7 Å². The molecule has 92 valence electrons. The molecule has 0 atom stereocenters. The Labute approximate surface area is 106 Å². The third kappa shape index (κ3) is 2.49. The summed E-state index contributed by atoms with van der Waals surface area (Å²) in [6.07, 6.45) is 2.69. The van der Waals surface area contributed by atoms with E-state index in [2.05, 4.69) is 13.0 Å². The van der Waals surface area contributed by atoms with Crippen molar-refractivity contribution in [3.63, 3.8) is 0 Å². The molecule has 0 spiro atoms. The predicted octanol–water partition coefficient (Wildman–Crippen LogP) is 3.73. The van der Waals surface area contributed by atoms with Crippen molar-refractivity contribution in [1.82, 2.24) is 0 Å². The highest BCUT2D eigenvalue weighted by molar-refractivity contribution is 8.01. The predicted molar refractivity (Wildman–Crippen MR) is 70.4 cm³/mol. The first kappa shape index (κ1) is 12.5. The van der Waals surface area contributed by atoms with Crippen molar-refractivity contribution in [1.29, 1.82) is 0 Å². The van der Waals surface area contributed by atoms with Gasteiger partial charge in [-0.1, -0.05) is 31.0 Å². The van der Waals surface area contributed by atoms with Crippen molar-refractivity contribution in [3.05, 3.63) is 29.8 Å². The van der Waals surface area contributed by atoms with Gasteiger partial charge in [0.05, 0.1) is 0 Å². The Hall–Kier alpha value is -0.960. The maximum atomic E-state index is 11.4. The van der Waals surface area contributed by atoms with Crippen molar-refractivity contribution in [2.24, 2.45) is 5.92 Å². The summed E-state index contributed by atoms with van der Waals surface area (Å²) in [7, 11) is 0. The van der Waals surface area contributed by atoms with Crippen LogP contribution in [0, 0.1) is 12.8 Å². The molecule has 1 saturated carbocycles. The van der Waals surface area contributed by atoms with Crippen molar-refractivity contribution in [3.8, 4) is 0 Å². The maximum absolute atomic E-state index is 11.4. The van der Waals surface area contributed by atoms with Crippen molar-refractivity contribution < 1.29 is 9.90 Å². The van der Waals surface area contributed by atoms with Gasteiger partial charge in [0.1, 0.15) is 4.75 Å². The Kier molecular flexibility index (Phi) is 3.48. The summed E-state index contributed by atoms with van der Waals surface area (Å²) >= 11 is 1.52. The molecular weight excluding hydrogens is 232 g/mol. The summed E-state index contributed by atoms with van der Waals surface area (Å²) < 4.78 is -0.575. The zero-order chi connectivity index (χ0) is 12.5. The summed E-state index contributed by atoms with van der Waals surface area (Å²) in [5, 5.41) is 9.41. The highest BCUT2D eigenvalue weighted by atomic mass is 32.2. The fraction of sp³-hybridized carbons (Fsp3) is 0.500. The molecule has 0 heterocycles. The zero-order valence-corrected chi connectivity index (χ0v) is 11.1. The second-order valence-electron chi connectivity index (χ2n) is 4.90. The molecule has 1 N–H and O–H groups in total. The average molecular weight is 250 g/mol. The van der Waals surface area contributed by atoms with E-state index in [4.69, 9.17) is 0 Å². The van der Waals surface area contributed by atoms with E-state index in [0.29, 0.717) is 5.92 Å². The van der Waals surface area contributed by atoms with Gasteiger partial charge < -0.3 is 5.11 Å². The minimum Gasteiger partial charge on any atom is -0.480 e. The third-order valence-corrected chi connectivity index (χ3v) is 4.90. The average Bonchev–Trinajstić information content (AvgIpc) is 2.22. The van der Waals surface area contributed by atoms with Crippen LogP contribution in [-0.2, 0) is 4.79 Å². The molecule has 1 aromatic carbocycles. The van der Waals surface area contributed by atoms with E-state index in [1.54, 1.807) is 0 Å². The van der Waals surface area contributed by atoms with E-state index in [1.807, 2.05) is 25.1 Å². The molecule has 0 unspecified atom stereocenters. The lowest BCUT2D eigenvalue weighted by Gasteiger charge is -2.43. The molecule has 1 aromatic rings. The van der Waals surface area contributed by atoms with Crippen LogP contribution in [0.25, 0.3) is 0 Å². The molecule has 2 nitrogen and oxygen atoms in total. The van der Waals surface area contributed by atoms with Gasteiger partial charge in [0.25, 0.3) is 0 Å². The second kappa shape index (κ2) is 4.73. The quantitative estimate of drug-likeness (QED) is 0.884. The molecule has 2 rings (SSSR count). The minimum atomic E-state index is -0.659. The molecule has 1 aliphatic carbocycles. The monoisotopic (exact) mass is 250 g/mol. The van der Waals surface area contributed by atoms with Crippen LogP contribution >= 0.6 is 11.8 Å². The molecule has 0 aromatic heterocycles. The van der Waals surface area contributed by atoms with E-state index < -0.39 is 10.7 Å². The lowest BCUT2D eigenvalue weighted by molar-refractivity contribution is -0.143. The lowest BCUT2D eigenvalue weighted by atomic mass is 9.73. The fourth-order valence-corrected chi connectivity index (χ4v) is 3.94. The van der Waals surface area contributed by atoms with E-state index in [0.717, 1.165) is 24.2 Å². The number of rotatable bonds is 4. The Morgan fingerprint density at radius 3 is 2.76 bits per heavy atom. The molecule has 1 fully saturated rings. The number of carboxylic acid groups (broad SMARTS) is 1. The van der Waals surface area contributed by atoms with Crippen LogP contribution in [0.1, 0.15) is 31.7 Å². The smallest absolute Gasteiger partial charge is 0.320 e. The van der Waals surface area contributed by atoms with Gasteiger partial charge in [0, 0.05) is 4.90 Å². The van der Waals surface area contributed by atoms with Crippen LogP contribution in [0.4, 0.5) is 0 Å². The first-order valence-corrected chi connectivity index (χ1v) is 6.86. The maximum Gasteiger partial charge on any atom is 0.320 e. The molecule has 0 bridgehead atoms. The van der Waals surface area contributed by atoms with Crippen LogP contribution in [0.15, 0.2) is 29.2 Å². The van der Waals surface area contributed by atoms with Gasteiger partial charge >= 0.3 is 5.97 Å². The Bertz CT molecular complexity index is 422. The number of hydrogen-bond donors (Lipinski definition) is 1. The first-order valence-electron chi connectivity index (χ1n) is 6.05. The van der Waals surface area contributed by atoms with Gasteiger partial charge in [-0.05, 0) is 37.8 Å². The highest BCUT2D eigenvalue weighted by Crippen LogP contribution is 2.52. The molecular formula is C14H18O2S.